The van der Waals surface area contributed by atoms with Crippen LogP contribution in [0.4, 0.5) is 0 Å². The molecule has 0 rings (SSSR count). The van der Waals surface area contributed by atoms with E-state index in [-0.39, 0.29) is 39.0 Å². The molecule has 0 aromatic carbocycles. The Morgan fingerprint density at radius 1 is 0.707 bits per heavy atom. The highest BCUT2D eigenvalue weighted by molar-refractivity contribution is 5.91. The predicted molar refractivity (Wildman–Crippen MR) is 148 cm³/mol. The number of hydrogen-bond donors (Lipinski definition) is 5. The molecule has 0 atom stereocenters. The number of carbonyl (C=O) groups excluding carboxylic acids is 5. The van der Waals surface area contributed by atoms with Crippen LogP contribution in [0.25, 0.3) is 0 Å². The largest absolute Gasteiger partial charge is 0.547 e. The smallest absolute Gasteiger partial charge is 0.269 e. The van der Waals surface area contributed by atoms with Gasteiger partial charge < -0.3 is 25.6 Å². The van der Waals surface area contributed by atoms with Gasteiger partial charge in [-0.3, -0.25) is 29.6 Å². The fraction of sp³-hybridized carbons (Fsp3) is 0.679. The van der Waals surface area contributed by atoms with Crippen LogP contribution in [-0.2, 0) is 24.0 Å². The number of nitrogens with one attached hydrogen (secondary N) is 2. The van der Waals surface area contributed by atoms with Crippen molar-refractivity contribution < 1.29 is 44.6 Å². The summed E-state index contributed by atoms with van der Waals surface area (Å²) in [6.45, 7) is 3.91. The van der Waals surface area contributed by atoms with Crippen molar-refractivity contribution in [3.05, 3.63) is 24.3 Å². The highest BCUT2D eigenvalue weighted by Crippen LogP contribution is 2.15. The van der Waals surface area contributed by atoms with E-state index in [9.17, 15) is 44.6 Å². The molecule has 0 aliphatic rings. The first-order chi connectivity index (χ1) is 19.5. The van der Waals surface area contributed by atoms with Crippen molar-refractivity contribution in [3.63, 3.8) is 0 Å². The van der Waals surface area contributed by atoms with Gasteiger partial charge in [0.25, 0.3) is 11.8 Å². The molecular weight excluding hydrogens is 536 g/mol. The number of carbonyl (C=O) groups is 5. The van der Waals surface area contributed by atoms with Gasteiger partial charge in [-0.05, 0) is 38.5 Å². The standard InChI is InChI=1S/C28H48N4O9/c1-3-5-7-9-11-15-25(35)31(40)19-13-17-29-23(33)21-28(39,27(37)38)22-24(34)30-18-14-20-32(41)26(36)16-12-10-8-6-4-2/h11-12,15-16,39-41H,3-10,13-14,17-22H2,1-2H3,(H,29,33)(H,30,34)(H,37,38)/p-1/b15-11+,16-12+. The molecule has 0 aromatic heterocycles. The van der Waals surface area contributed by atoms with Crippen LogP contribution >= 0.6 is 0 Å². The summed E-state index contributed by atoms with van der Waals surface area (Å²) in [5.74, 6) is -4.93. The molecule has 5 N–H and O–H groups in total. The van der Waals surface area contributed by atoms with Gasteiger partial charge in [0.15, 0.2) is 0 Å². The predicted octanol–water partition coefficient (Wildman–Crippen LogP) is 0.969. The van der Waals surface area contributed by atoms with Crippen molar-refractivity contribution in [1.29, 1.82) is 0 Å². The van der Waals surface area contributed by atoms with E-state index < -0.39 is 48.0 Å². The van der Waals surface area contributed by atoms with Gasteiger partial charge in [-0.15, -0.1) is 0 Å². The Morgan fingerprint density at radius 3 is 1.44 bits per heavy atom. The van der Waals surface area contributed by atoms with Gasteiger partial charge >= 0.3 is 0 Å². The molecule has 0 saturated carbocycles. The molecule has 0 aliphatic heterocycles. The number of hydroxylamine groups is 4. The second kappa shape index (κ2) is 22.4. The average Bonchev–Trinajstić information content (AvgIpc) is 2.92. The monoisotopic (exact) mass is 583 g/mol. The Bertz CT molecular complexity index is 817. The van der Waals surface area contributed by atoms with E-state index >= 15 is 0 Å². The van der Waals surface area contributed by atoms with Gasteiger partial charge in [-0.25, -0.2) is 10.1 Å². The normalized spacial score (nSPS) is 11.5. The summed E-state index contributed by atoms with van der Waals surface area (Å²) in [6, 6.07) is 0. The van der Waals surface area contributed by atoms with Crippen LogP contribution < -0.4 is 15.7 Å². The molecule has 4 amide bonds. The fourth-order valence-corrected chi connectivity index (χ4v) is 3.56. The molecule has 0 radical (unpaired) electrons. The third-order valence-corrected chi connectivity index (χ3v) is 6.00. The second-order valence-corrected chi connectivity index (χ2v) is 9.80. The Balaban J connectivity index is 4.39. The van der Waals surface area contributed by atoms with E-state index in [4.69, 9.17) is 0 Å². The lowest BCUT2D eigenvalue weighted by molar-refractivity contribution is -0.324. The Hall–Kier alpha value is -3.29. The lowest BCUT2D eigenvalue weighted by atomic mass is 9.94. The zero-order chi connectivity index (χ0) is 31.1. The maximum absolute atomic E-state index is 12.2. The number of amides is 4. The van der Waals surface area contributed by atoms with E-state index in [0.717, 1.165) is 51.4 Å². The minimum Gasteiger partial charge on any atom is -0.547 e. The Labute approximate surface area is 242 Å². The number of carboxylic acid groups (broad SMARTS) is 1. The number of allylic oxidation sites excluding steroid dienone is 2. The first-order valence-corrected chi connectivity index (χ1v) is 14.3. The van der Waals surface area contributed by atoms with E-state index in [0.29, 0.717) is 10.1 Å². The lowest BCUT2D eigenvalue weighted by Crippen LogP contribution is -2.53. The van der Waals surface area contributed by atoms with E-state index in [1.165, 1.54) is 12.2 Å². The summed E-state index contributed by atoms with van der Waals surface area (Å²) >= 11 is 0. The summed E-state index contributed by atoms with van der Waals surface area (Å²) in [6.07, 6.45) is 11.8. The van der Waals surface area contributed by atoms with E-state index in [1.54, 1.807) is 12.2 Å². The summed E-state index contributed by atoms with van der Waals surface area (Å²) in [4.78, 5) is 59.4. The summed E-state index contributed by atoms with van der Waals surface area (Å²) in [5.41, 5.74) is -2.77. The first kappa shape index (κ1) is 37.7. The van der Waals surface area contributed by atoms with Crippen molar-refractivity contribution in [2.24, 2.45) is 0 Å². The Morgan fingerprint density at radius 2 is 1.10 bits per heavy atom. The van der Waals surface area contributed by atoms with Crippen LogP contribution in [0.3, 0.4) is 0 Å². The molecule has 0 heterocycles. The molecule has 13 heteroatoms. The number of carboxylic acids is 1. The molecule has 0 fully saturated rings. The molecular formula is C28H47N4O9-. The maximum Gasteiger partial charge on any atom is 0.269 e. The highest BCUT2D eigenvalue weighted by Gasteiger charge is 2.34. The molecule has 0 saturated heterocycles. The Kier molecular flexibility index (Phi) is 20.6. The van der Waals surface area contributed by atoms with Crippen molar-refractivity contribution in [1.82, 2.24) is 20.8 Å². The molecule has 41 heavy (non-hydrogen) atoms. The van der Waals surface area contributed by atoms with Gasteiger partial charge in [0.2, 0.25) is 11.8 Å². The summed E-state index contributed by atoms with van der Waals surface area (Å²) < 4.78 is 0. The second-order valence-electron chi connectivity index (χ2n) is 9.80. The number of aliphatic carboxylic acids is 1. The molecule has 0 aromatic rings. The molecule has 0 aliphatic carbocycles. The van der Waals surface area contributed by atoms with Gasteiger partial charge in [0.1, 0.15) is 5.60 Å². The van der Waals surface area contributed by atoms with Gasteiger partial charge in [-0.1, -0.05) is 51.7 Å². The third kappa shape index (κ3) is 18.6. The van der Waals surface area contributed by atoms with Crippen molar-refractivity contribution in [3.8, 4) is 0 Å². The van der Waals surface area contributed by atoms with E-state index in [1.807, 2.05) is 0 Å². The van der Waals surface area contributed by atoms with Crippen LogP contribution in [0.1, 0.15) is 90.9 Å². The highest BCUT2D eigenvalue weighted by atomic mass is 16.5. The van der Waals surface area contributed by atoms with Crippen LogP contribution in [0.5, 0.6) is 0 Å². The minimum atomic E-state index is -2.77. The lowest BCUT2D eigenvalue weighted by Gasteiger charge is -2.28. The minimum absolute atomic E-state index is 0.0248. The van der Waals surface area contributed by atoms with Crippen molar-refractivity contribution >= 4 is 29.6 Å². The fourth-order valence-electron chi connectivity index (χ4n) is 3.56. The van der Waals surface area contributed by atoms with Gasteiger partial charge in [0, 0.05) is 25.2 Å². The third-order valence-electron chi connectivity index (χ3n) is 6.00. The van der Waals surface area contributed by atoms with Gasteiger partial charge in [-0.2, -0.15) is 0 Å². The van der Waals surface area contributed by atoms with Crippen LogP contribution in [0.2, 0.25) is 0 Å². The van der Waals surface area contributed by atoms with E-state index in [2.05, 4.69) is 24.5 Å². The zero-order valence-corrected chi connectivity index (χ0v) is 24.3. The number of aliphatic hydroxyl groups is 1. The SMILES string of the molecule is CCCCC/C=C/C(=O)N(O)CCCNC(=O)CC(O)(CC(=O)NCCCN(O)C(=O)/C=C/CCCCC)C(=O)[O-]. The number of unbranched alkanes of at least 4 members (excludes halogenated alkanes) is 6. The van der Waals surface area contributed by atoms with Crippen LogP contribution in [-0.4, -0.2) is 87.0 Å². The van der Waals surface area contributed by atoms with Crippen molar-refractivity contribution in [2.75, 3.05) is 26.2 Å². The van der Waals surface area contributed by atoms with Crippen LogP contribution in [0, 0.1) is 0 Å². The number of rotatable bonds is 23. The topological polar surface area (TPSA) is 200 Å². The quantitative estimate of drug-likeness (QED) is 0.0503. The summed E-state index contributed by atoms with van der Waals surface area (Å²) in [5, 5.41) is 47.1. The maximum atomic E-state index is 12.2. The number of nitrogens with zero attached hydrogens (tertiary/aromatic N) is 2. The molecule has 13 nitrogen and oxygen atoms in total. The first-order valence-electron chi connectivity index (χ1n) is 14.3. The summed E-state index contributed by atoms with van der Waals surface area (Å²) in [7, 11) is 0. The molecule has 0 bridgehead atoms. The van der Waals surface area contributed by atoms with Gasteiger partial charge in [0.05, 0.1) is 31.9 Å². The van der Waals surface area contributed by atoms with Crippen molar-refractivity contribution in [2.45, 2.75) is 96.5 Å². The number of hydrogen-bond acceptors (Lipinski definition) is 9. The molecule has 234 valence electrons. The average molecular weight is 584 g/mol. The van der Waals surface area contributed by atoms with Crippen LogP contribution in [0.15, 0.2) is 24.3 Å². The molecule has 0 unspecified atom stereocenters. The zero-order valence-electron chi connectivity index (χ0n) is 24.3. The molecule has 0 spiro atoms.